The Labute approximate surface area is 114 Å². The van der Waals surface area contributed by atoms with Gasteiger partial charge < -0.3 is 14.7 Å². The van der Waals surface area contributed by atoms with Crippen molar-refractivity contribution in [1.82, 2.24) is 4.90 Å². The van der Waals surface area contributed by atoms with Crippen LogP contribution in [0.3, 0.4) is 0 Å². The molecule has 1 aromatic carbocycles. The molecule has 0 bridgehead atoms. The van der Waals surface area contributed by atoms with Crippen molar-refractivity contribution in [2.75, 3.05) is 20.3 Å². The van der Waals surface area contributed by atoms with Gasteiger partial charge in [0.15, 0.2) is 0 Å². The van der Waals surface area contributed by atoms with Gasteiger partial charge in [0.05, 0.1) is 19.3 Å². The van der Waals surface area contributed by atoms with E-state index in [2.05, 4.69) is 0 Å². The van der Waals surface area contributed by atoms with E-state index in [1.807, 2.05) is 31.2 Å². The van der Waals surface area contributed by atoms with Crippen LogP contribution in [0.15, 0.2) is 30.3 Å². The Balaban J connectivity index is 2.78. The van der Waals surface area contributed by atoms with Gasteiger partial charge in [-0.25, -0.2) is 0 Å². The lowest BCUT2D eigenvalue weighted by Gasteiger charge is -2.21. The van der Waals surface area contributed by atoms with Crippen molar-refractivity contribution in [2.45, 2.75) is 19.9 Å². The Morgan fingerprint density at radius 2 is 2.16 bits per heavy atom. The first-order valence-electron chi connectivity index (χ1n) is 6.37. The molecule has 104 valence electrons. The van der Waals surface area contributed by atoms with E-state index in [4.69, 9.17) is 9.84 Å². The third-order valence-corrected chi connectivity index (χ3v) is 2.90. The van der Waals surface area contributed by atoms with Gasteiger partial charge in [-0.05, 0) is 26.0 Å². The molecular weight excluding hydrogens is 242 g/mol. The summed E-state index contributed by atoms with van der Waals surface area (Å²) in [5.74, 6) is 0.611. The molecule has 1 rings (SSSR count). The van der Waals surface area contributed by atoms with Gasteiger partial charge in [0.25, 0.3) is 0 Å². The molecule has 4 heteroatoms. The lowest BCUT2D eigenvalue weighted by Crippen LogP contribution is -2.36. The van der Waals surface area contributed by atoms with Gasteiger partial charge in [-0.2, -0.15) is 0 Å². The number of aliphatic hydroxyl groups is 1. The highest BCUT2D eigenvalue weighted by atomic mass is 16.5. The van der Waals surface area contributed by atoms with Crippen LogP contribution in [0.25, 0.3) is 6.08 Å². The van der Waals surface area contributed by atoms with Crippen molar-refractivity contribution in [3.63, 3.8) is 0 Å². The first-order valence-corrected chi connectivity index (χ1v) is 6.37. The highest BCUT2D eigenvalue weighted by Gasteiger charge is 2.11. The fourth-order valence-corrected chi connectivity index (χ4v) is 1.52. The molecule has 0 fully saturated rings. The third kappa shape index (κ3) is 4.41. The van der Waals surface area contributed by atoms with Crippen LogP contribution in [-0.4, -0.2) is 42.2 Å². The number of rotatable bonds is 6. The first kappa shape index (κ1) is 15.2. The van der Waals surface area contributed by atoms with Crippen LogP contribution in [0.1, 0.15) is 19.4 Å². The number of hydrogen-bond donors (Lipinski definition) is 1. The average molecular weight is 263 g/mol. The molecule has 1 unspecified atom stereocenters. The molecule has 4 nitrogen and oxygen atoms in total. The summed E-state index contributed by atoms with van der Waals surface area (Å²) in [6, 6.07) is 7.36. The average Bonchev–Trinajstić information content (AvgIpc) is 2.44. The van der Waals surface area contributed by atoms with Crippen molar-refractivity contribution in [1.29, 1.82) is 0 Å². The molecule has 1 atom stereocenters. The van der Waals surface area contributed by atoms with Crippen molar-refractivity contribution >= 4 is 12.0 Å². The van der Waals surface area contributed by atoms with Crippen LogP contribution in [0.4, 0.5) is 0 Å². The first-order chi connectivity index (χ1) is 9.10. The van der Waals surface area contributed by atoms with Gasteiger partial charge in [0, 0.05) is 18.7 Å². The molecule has 1 amide bonds. The van der Waals surface area contributed by atoms with Crippen LogP contribution >= 0.6 is 0 Å². The molecule has 0 saturated heterocycles. The number of amides is 1. The van der Waals surface area contributed by atoms with Gasteiger partial charge in [-0.15, -0.1) is 0 Å². The van der Waals surface area contributed by atoms with Crippen LogP contribution in [0.5, 0.6) is 5.75 Å². The van der Waals surface area contributed by atoms with Crippen molar-refractivity contribution in [3.05, 3.63) is 35.9 Å². The minimum Gasteiger partial charge on any atom is -0.493 e. The number of ether oxygens (including phenoxy) is 1. The second kappa shape index (κ2) is 7.59. The Hall–Kier alpha value is -1.81. The molecule has 19 heavy (non-hydrogen) atoms. The summed E-state index contributed by atoms with van der Waals surface area (Å²) in [7, 11) is 1.67. The number of para-hydroxylation sites is 1. The van der Waals surface area contributed by atoms with Crippen LogP contribution in [0, 0.1) is 0 Å². The Bertz CT molecular complexity index is 443. The number of hydrogen-bond acceptors (Lipinski definition) is 3. The number of likely N-dealkylation sites (N-methyl/N-ethyl adjacent to an activating group) is 1. The van der Waals surface area contributed by atoms with E-state index < -0.39 is 0 Å². The third-order valence-electron chi connectivity index (χ3n) is 2.90. The molecule has 0 aromatic heterocycles. The molecule has 1 aromatic rings. The number of carbonyl (C=O) groups is 1. The summed E-state index contributed by atoms with van der Waals surface area (Å²) in [5, 5.41) is 9.02. The fraction of sp³-hybridized carbons (Fsp3) is 0.400. The summed E-state index contributed by atoms with van der Waals surface area (Å²) >= 11 is 0. The molecule has 0 heterocycles. The Morgan fingerprint density at radius 1 is 1.47 bits per heavy atom. The molecule has 0 saturated carbocycles. The number of nitrogens with zero attached hydrogens (tertiary/aromatic N) is 1. The minimum atomic E-state index is -0.195. The maximum Gasteiger partial charge on any atom is 0.246 e. The standard InChI is InChI=1S/C15H21NO3/c1-4-19-14-8-6-5-7-13(14)9-10-15(18)16(3)12(2)11-17/h5-10,12,17H,4,11H2,1-3H3/b10-9+. The van der Waals surface area contributed by atoms with E-state index in [-0.39, 0.29) is 18.6 Å². The normalized spacial score (nSPS) is 12.4. The summed E-state index contributed by atoms with van der Waals surface area (Å²) in [6.07, 6.45) is 3.22. The highest BCUT2D eigenvalue weighted by molar-refractivity contribution is 5.92. The van der Waals surface area contributed by atoms with E-state index in [1.165, 1.54) is 11.0 Å². The van der Waals surface area contributed by atoms with Crippen molar-refractivity contribution in [2.24, 2.45) is 0 Å². The zero-order valence-corrected chi connectivity index (χ0v) is 11.7. The Kier molecular flexibility index (Phi) is 6.09. The van der Waals surface area contributed by atoms with Crippen molar-refractivity contribution in [3.8, 4) is 5.75 Å². The molecule has 1 N–H and O–H groups in total. The van der Waals surface area contributed by atoms with Crippen LogP contribution in [0.2, 0.25) is 0 Å². The zero-order chi connectivity index (χ0) is 14.3. The fourth-order valence-electron chi connectivity index (χ4n) is 1.52. The number of aliphatic hydroxyl groups excluding tert-OH is 1. The largest absolute Gasteiger partial charge is 0.493 e. The SMILES string of the molecule is CCOc1ccccc1/C=C/C(=O)N(C)C(C)CO. The van der Waals surface area contributed by atoms with Gasteiger partial charge in [0.1, 0.15) is 5.75 Å². The number of carbonyl (C=O) groups excluding carboxylic acids is 1. The van der Waals surface area contributed by atoms with E-state index in [1.54, 1.807) is 20.0 Å². The molecule has 0 spiro atoms. The van der Waals surface area contributed by atoms with E-state index in [0.29, 0.717) is 6.61 Å². The van der Waals surface area contributed by atoms with Gasteiger partial charge in [-0.3, -0.25) is 4.79 Å². The number of benzene rings is 1. The molecular formula is C15H21NO3. The monoisotopic (exact) mass is 263 g/mol. The lowest BCUT2D eigenvalue weighted by atomic mass is 10.2. The molecule has 0 aliphatic heterocycles. The smallest absolute Gasteiger partial charge is 0.246 e. The van der Waals surface area contributed by atoms with Gasteiger partial charge in [-0.1, -0.05) is 18.2 Å². The summed E-state index contributed by atoms with van der Waals surface area (Å²) in [6.45, 7) is 4.24. The van der Waals surface area contributed by atoms with Crippen molar-refractivity contribution < 1.29 is 14.6 Å². The summed E-state index contributed by atoms with van der Waals surface area (Å²) in [4.78, 5) is 13.4. The zero-order valence-electron chi connectivity index (χ0n) is 11.7. The minimum absolute atomic E-state index is 0.0500. The van der Waals surface area contributed by atoms with Crippen LogP contribution < -0.4 is 4.74 Å². The lowest BCUT2D eigenvalue weighted by molar-refractivity contribution is -0.127. The Morgan fingerprint density at radius 3 is 2.79 bits per heavy atom. The maximum atomic E-state index is 11.9. The van der Waals surface area contributed by atoms with E-state index >= 15 is 0 Å². The second-order valence-electron chi connectivity index (χ2n) is 4.28. The highest BCUT2D eigenvalue weighted by Crippen LogP contribution is 2.19. The predicted octanol–water partition coefficient (Wildman–Crippen LogP) is 1.94. The molecule has 0 aliphatic carbocycles. The van der Waals surface area contributed by atoms with Gasteiger partial charge >= 0.3 is 0 Å². The van der Waals surface area contributed by atoms with E-state index in [0.717, 1.165) is 11.3 Å². The van der Waals surface area contributed by atoms with E-state index in [9.17, 15) is 4.79 Å². The quantitative estimate of drug-likeness (QED) is 0.798. The second-order valence-corrected chi connectivity index (χ2v) is 4.28. The topological polar surface area (TPSA) is 49.8 Å². The van der Waals surface area contributed by atoms with Gasteiger partial charge in [0.2, 0.25) is 5.91 Å². The van der Waals surface area contributed by atoms with Crippen LogP contribution in [-0.2, 0) is 4.79 Å². The summed E-state index contributed by atoms with van der Waals surface area (Å²) in [5.41, 5.74) is 0.864. The maximum absolute atomic E-state index is 11.9. The summed E-state index contributed by atoms with van der Waals surface area (Å²) < 4.78 is 5.48. The molecule has 0 radical (unpaired) electrons. The predicted molar refractivity (Wildman–Crippen MR) is 76.0 cm³/mol. The molecule has 0 aliphatic rings.